The lowest BCUT2D eigenvalue weighted by molar-refractivity contribution is -0.149. The number of rotatable bonds is 6. The number of hydrogen-bond donors (Lipinski definition) is 0. The van der Waals surface area contributed by atoms with Crippen molar-refractivity contribution in [2.24, 2.45) is 11.8 Å². The van der Waals surface area contributed by atoms with Gasteiger partial charge < -0.3 is 14.2 Å². The summed E-state index contributed by atoms with van der Waals surface area (Å²) in [4.78, 5) is 12.0. The van der Waals surface area contributed by atoms with Crippen LogP contribution in [-0.4, -0.2) is 26.8 Å². The van der Waals surface area contributed by atoms with Gasteiger partial charge in [0, 0.05) is 6.07 Å². The van der Waals surface area contributed by atoms with E-state index in [9.17, 15) is 4.79 Å². The minimum Gasteiger partial charge on any atom is -0.497 e. The first-order chi connectivity index (χ1) is 10.2. The molecule has 1 aromatic carbocycles. The maximum atomic E-state index is 12.0. The molecule has 1 fully saturated rings. The molecule has 0 unspecified atom stereocenters. The van der Waals surface area contributed by atoms with Gasteiger partial charge in [-0.25, -0.2) is 0 Å². The number of benzene rings is 1. The molecule has 2 atom stereocenters. The predicted molar refractivity (Wildman–Crippen MR) is 80.7 cm³/mol. The van der Waals surface area contributed by atoms with Gasteiger partial charge >= 0.3 is 5.97 Å². The standard InChI is InChI=1S/C17H24O4/c1-4-21-17(18)16-7-5-6-13(16)8-12-9-14(19-2)11-15(10-12)20-3/h9-11,13,16H,4-8H2,1-3H3/t13-,16+/m1/s1. The van der Waals surface area contributed by atoms with Crippen LogP contribution in [0.3, 0.4) is 0 Å². The molecule has 0 saturated heterocycles. The maximum absolute atomic E-state index is 12.0. The number of carbonyl (C=O) groups is 1. The summed E-state index contributed by atoms with van der Waals surface area (Å²) in [5.41, 5.74) is 1.15. The fourth-order valence-corrected chi connectivity index (χ4v) is 3.13. The molecule has 4 nitrogen and oxygen atoms in total. The molecule has 2 rings (SSSR count). The van der Waals surface area contributed by atoms with Gasteiger partial charge in [-0.2, -0.15) is 0 Å². The Morgan fingerprint density at radius 2 is 1.81 bits per heavy atom. The van der Waals surface area contributed by atoms with Crippen molar-refractivity contribution < 1.29 is 19.0 Å². The Balaban J connectivity index is 2.11. The minimum atomic E-state index is -0.0464. The van der Waals surface area contributed by atoms with Gasteiger partial charge in [-0.3, -0.25) is 4.79 Å². The smallest absolute Gasteiger partial charge is 0.309 e. The van der Waals surface area contributed by atoms with Gasteiger partial charge in [0.25, 0.3) is 0 Å². The summed E-state index contributed by atoms with van der Waals surface area (Å²) in [5, 5.41) is 0. The number of ether oxygens (including phenoxy) is 3. The molecular weight excluding hydrogens is 268 g/mol. The summed E-state index contributed by atoms with van der Waals surface area (Å²) in [7, 11) is 3.30. The highest BCUT2D eigenvalue weighted by Gasteiger charge is 2.34. The van der Waals surface area contributed by atoms with Crippen molar-refractivity contribution in [3.63, 3.8) is 0 Å². The summed E-state index contributed by atoms with van der Waals surface area (Å²) in [5.74, 6) is 1.91. The third-order valence-corrected chi connectivity index (χ3v) is 4.16. The number of hydrogen-bond acceptors (Lipinski definition) is 4. The zero-order valence-electron chi connectivity index (χ0n) is 13.1. The zero-order valence-corrected chi connectivity index (χ0v) is 13.1. The molecule has 0 spiro atoms. The molecule has 1 saturated carbocycles. The van der Waals surface area contributed by atoms with Crippen LogP contribution < -0.4 is 9.47 Å². The van der Waals surface area contributed by atoms with Crippen molar-refractivity contribution in [3.8, 4) is 11.5 Å². The molecule has 1 aromatic rings. The average Bonchev–Trinajstić information content (AvgIpc) is 2.95. The summed E-state index contributed by atoms with van der Waals surface area (Å²) in [6, 6.07) is 5.90. The van der Waals surface area contributed by atoms with E-state index < -0.39 is 0 Å². The Labute approximate surface area is 126 Å². The fourth-order valence-electron chi connectivity index (χ4n) is 3.13. The largest absolute Gasteiger partial charge is 0.497 e. The Morgan fingerprint density at radius 1 is 1.14 bits per heavy atom. The van der Waals surface area contributed by atoms with Crippen LogP contribution >= 0.6 is 0 Å². The first kappa shape index (κ1) is 15.7. The van der Waals surface area contributed by atoms with E-state index in [1.165, 1.54) is 0 Å². The quantitative estimate of drug-likeness (QED) is 0.755. The average molecular weight is 292 g/mol. The second kappa shape index (κ2) is 7.34. The van der Waals surface area contributed by atoms with E-state index in [0.29, 0.717) is 12.5 Å². The van der Waals surface area contributed by atoms with E-state index in [1.54, 1.807) is 14.2 Å². The lowest BCUT2D eigenvalue weighted by atomic mass is 9.89. The Bertz CT molecular complexity index is 461. The van der Waals surface area contributed by atoms with Crippen molar-refractivity contribution in [3.05, 3.63) is 23.8 Å². The van der Waals surface area contributed by atoms with Crippen LogP contribution in [0.25, 0.3) is 0 Å². The monoisotopic (exact) mass is 292 g/mol. The van der Waals surface area contributed by atoms with Crippen LogP contribution in [0.4, 0.5) is 0 Å². The molecule has 1 aliphatic carbocycles. The van der Waals surface area contributed by atoms with E-state index in [0.717, 1.165) is 42.7 Å². The van der Waals surface area contributed by atoms with Gasteiger partial charge in [-0.05, 0) is 49.8 Å². The van der Waals surface area contributed by atoms with Crippen molar-refractivity contribution in [2.75, 3.05) is 20.8 Å². The fraction of sp³-hybridized carbons (Fsp3) is 0.588. The van der Waals surface area contributed by atoms with Gasteiger partial charge in [-0.1, -0.05) is 6.42 Å². The highest BCUT2D eigenvalue weighted by molar-refractivity contribution is 5.73. The normalized spacial score (nSPS) is 21.1. The molecule has 1 aliphatic rings. The predicted octanol–water partition coefficient (Wildman–Crippen LogP) is 3.23. The minimum absolute atomic E-state index is 0.0298. The van der Waals surface area contributed by atoms with E-state index in [-0.39, 0.29) is 11.9 Å². The Hall–Kier alpha value is -1.71. The van der Waals surface area contributed by atoms with E-state index >= 15 is 0 Å². The molecule has 0 aliphatic heterocycles. The molecule has 0 amide bonds. The highest BCUT2D eigenvalue weighted by atomic mass is 16.5. The van der Waals surface area contributed by atoms with Crippen LogP contribution in [-0.2, 0) is 16.0 Å². The second-order valence-corrected chi connectivity index (χ2v) is 5.47. The SMILES string of the molecule is CCOC(=O)[C@H]1CCC[C@@H]1Cc1cc(OC)cc(OC)c1. The third-order valence-electron chi connectivity index (χ3n) is 4.16. The first-order valence-electron chi connectivity index (χ1n) is 7.56. The summed E-state index contributed by atoms with van der Waals surface area (Å²) >= 11 is 0. The lowest BCUT2D eigenvalue weighted by Crippen LogP contribution is -2.23. The lowest BCUT2D eigenvalue weighted by Gasteiger charge is -2.18. The van der Waals surface area contributed by atoms with E-state index in [2.05, 4.69) is 0 Å². The number of carbonyl (C=O) groups excluding carboxylic acids is 1. The molecule has 0 aromatic heterocycles. The number of esters is 1. The van der Waals surface area contributed by atoms with Gasteiger partial charge in [0.1, 0.15) is 11.5 Å². The zero-order chi connectivity index (χ0) is 15.2. The van der Waals surface area contributed by atoms with Crippen LogP contribution in [0.2, 0.25) is 0 Å². The summed E-state index contributed by atoms with van der Waals surface area (Å²) < 4.78 is 15.8. The topological polar surface area (TPSA) is 44.8 Å². The van der Waals surface area contributed by atoms with Gasteiger partial charge in [0.2, 0.25) is 0 Å². The van der Waals surface area contributed by atoms with Crippen molar-refractivity contribution in [2.45, 2.75) is 32.6 Å². The summed E-state index contributed by atoms with van der Waals surface area (Å²) in [6.07, 6.45) is 3.96. The van der Waals surface area contributed by atoms with E-state index in [1.807, 2.05) is 25.1 Å². The molecule has 0 bridgehead atoms. The van der Waals surface area contributed by atoms with E-state index in [4.69, 9.17) is 14.2 Å². The number of methoxy groups -OCH3 is 2. The first-order valence-corrected chi connectivity index (χ1v) is 7.56. The van der Waals surface area contributed by atoms with Crippen molar-refractivity contribution in [1.82, 2.24) is 0 Å². The molecule has 0 radical (unpaired) electrons. The molecule has 116 valence electrons. The molecule has 21 heavy (non-hydrogen) atoms. The summed E-state index contributed by atoms with van der Waals surface area (Å²) in [6.45, 7) is 2.31. The van der Waals surface area contributed by atoms with Gasteiger partial charge in [0.15, 0.2) is 0 Å². The molecule has 4 heteroatoms. The third kappa shape index (κ3) is 3.90. The molecule has 0 heterocycles. The van der Waals surface area contributed by atoms with Crippen LogP contribution in [0.5, 0.6) is 11.5 Å². The Kier molecular flexibility index (Phi) is 5.48. The second-order valence-electron chi connectivity index (χ2n) is 5.47. The van der Waals surface area contributed by atoms with Gasteiger partial charge in [-0.15, -0.1) is 0 Å². The van der Waals surface area contributed by atoms with Crippen LogP contribution in [0.15, 0.2) is 18.2 Å². The highest BCUT2D eigenvalue weighted by Crippen LogP contribution is 2.36. The van der Waals surface area contributed by atoms with Crippen LogP contribution in [0, 0.1) is 11.8 Å². The maximum Gasteiger partial charge on any atom is 0.309 e. The molecule has 0 N–H and O–H groups in total. The van der Waals surface area contributed by atoms with Gasteiger partial charge in [0.05, 0.1) is 26.7 Å². The van der Waals surface area contributed by atoms with Crippen LogP contribution in [0.1, 0.15) is 31.7 Å². The van der Waals surface area contributed by atoms with Crippen molar-refractivity contribution in [1.29, 1.82) is 0 Å². The molecular formula is C17H24O4. The van der Waals surface area contributed by atoms with Crippen molar-refractivity contribution >= 4 is 5.97 Å². The Morgan fingerprint density at radius 3 is 2.38 bits per heavy atom.